The van der Waals surface area contributed by atoms with Crippen LogP contribution in [-0.2, 0) is 16.0 Å². The maximum Gasteiger partial charge on any atom is 0.334 e. The van der Waals surface area contributed by atoms with Crippen LogP contribution in [0.2, 0.25) is 0 Å². The van der Waals surface area contributed by atoms with Gasteiger partial charge in [0.05, 0.1) is 6.04 Å². The molecule has 0 aliphatic carbocycles. The Kier molecular flexibility index (Phi) is 8.15. The van der Waals surface area contributed by atoms with Crippen LogP contribution in [0.3, 0.4) is 0 Å². The monoisotopic (exact) mass is 419 g/mol. The molecule has 0 aliphatic rings. The lowest BCUT2D eigenvalue weighted by molar-refractivity contribution is -0.139. The van der Waals surface area contributed by atoms with Crippen LogP contribution in [0.1, 0.15) is 24.8 Å². The number of unbranched alkanes of at least 4 members (excludes halogenated alkanes) is 1. The second-order valence-electron chi connectivity index (χ2n) is 7.57. The highest BCUT2D eigenvalue weighted by Gasteiger charge is 2.26. The molecule has 0 fully saturated rings. The molecule has 0 radical (unpaired) electrons. The van der Waals surface area contributed by atoms with E-state index in [4.69, 9.17) is 16.2 Å². The lowest BCUT2D eigenvalue weighted by Gasteiger charge is -2.20. The molecule has 0 aromatic heterocycles. The first-order valence-electron chi connectivity index (χ1n) is 10.6. The number of ether oxygens (including phenoxy) is 1. The second kappa shape index (κ2) is 11.2. The number of rotatable bonds is 10. The van der Waals surface area contributed by atoms with Crippen LogP contribution in [0, 0.1) is 0 Å². The molecule has 0 saturated carbocycles. The Morgan fingerprint density at radius 3 is 2.35 bits per heavy atom. The van der Waals surface area contributed by atoms with Crippen molar-refractivity contribution in [1.82, 2.24) is 5.32 Å². The summed E-state index contributed by atoms with van der Waals surface area (Å²) in [7, 11) is 0. The Balaban J connectivity index is 1.72. The largest absolute Gasteiger partial charge is 0.425 e. The fourth-order valence-corrected chi connectivity index (χ4v) is 3.38. The number of amides is 1. The van der Waals surface area contributed by atoms with Gasteiger partial charge in [-0.1, -0.05) is 67.1 Å². The maximum absolute atomic E-state index is 13.0. The number of benzene rings is 3. The molecule has 3 rings (SSSR count). The predicted octanol–water partition coefficient (Wildman–Crippen LogP) is 2.93. The molecule has 0 bridgehead atoms. The number of nitrogens with two attached hydrogens (primary N) is 2. The van der Waals surface area contributed by atoms with E-state index in [-0.39, 0.29) is 5.91 Å². The molecule has 2 atom stereocenters. The maximum atomic E-state index is 13.0. The standard InChI is InChI=1S/C25H29N3O3/c26-15-7-6-12-22(27)24(29)28-23(16-18-8-2-1-3-9-18)25(30)31-21-14-13-19-10-4-5-11-20(19)17-21/h1-5,8-11,13-14,17,22-23H,6-7,12,15-16,26-27H2,(H,28,29)/t22-,23-/m1/s1. The Bertz CT molecular complexity index is 1010. The summed E-state index contributed by atoms with van der Waals surface area (Å²) in [6, 6.07) is 21.2. The topological polar surface area (TPSA) is 107 Å². The lowest BCUT2D eigenvalue weighted by Crippen LogP contribution is -2.50. The van der Waals surface area contributed by atoms with Gasteiger partial charge in [-0.2, -0.15) is 0 Å². The van der Waals surface area contributed by atoms with Crippen molar-refractivity contribution >= 4 is 22.6 Å². The van der Waals surface area contributed by atoms with Crippen molar-refractivity contribution < 1.29 is 14.3 Å². The molecule has 0 aliphatic heterocycles. The molecular formula is C25H29N3O3. The Morgan fingerprint density at radius 2 is 1.61 bits per heavy atom. The van der Waals surface area contributed by atoms with Gasteiger partial charge in [0, 0.05) is 6.42 Å². The van der Waals surface area contributed by atoms with Gasteiger partial charge in [0.25, 0.3) is 0 Å². The molecule has 0 unspecified atom stereocenters. The lowest BCUT2D eigenvalue weighted by atomic mass is 10.0. The van der Waals surface area contributed by atoms with Crippen molar-refractivity contribution in [1.29, 1.82) is 0 Å². The first-order valence-corrected chi connectivity index (χ1v) is 10.6. The predicted molar refractivity (Wildman–Crippen MR) is 123 cm³/mol. The Morgan fingerprint density at radius 1 is 0.903 bits per heavy atom. The highest BCUT2D eigenvalue weighted by molar-refractivity contribution is 5.89. The van der Waals surface area contributed by atoms with Gasteiger partial charge in [0.15, 0.2) is 0 Å². The molecule has 3 aromatic rings. The van der Waals surface area contributed by atoms with Crippen LogP contribution in [0.5, 0.6) is 5.75 Å². The van der Waals surface area contributed by atoms with Crippen LogP contribution >= 0.6 is 0 Å². The quantitative estimate of drug-likeness (QED) is 0.266. The summed E-state index contributed by atoms with van der Waals surface area (Å²) in [5.74, 6) is -0.460. The summed E-state index contributed by atoms with van der Waals surface area (Å²) < 4.78 is 5.63. The summed E-state index contributed by atoms with van der Waals surface area (Å²) in [5.41, 5.74) is 12.4. The van der Waals surface area contributed by atoms with Crippen molar-refractivity contribution in [2.75, 3.05) is 6.54 Å². The van der Waals surface area contributed by atoms with Gasteiger partial charge in [0.1, 0.15) is 11.8 Å². The summed E-state index contributed by atoms with van der Waals surface area (Å²) >= 11 is 0. The zero-order chi connectivity index (χ0) is 22.1. The zero-order valence-electron chi connectivity index (χ0n) is 17.5. The van der Waals surface area contributed by atoms with Crippen molar-refractivity contribution in [3.05, 3.63) is 78.4 Å². The van der Waals surface area contributed by atoms with E-state index < -0.39 is 18.1 Å². The number of nitrogens with one attached hydrogen (secondary N) is 1. The number of carbonyl (C=O) groups is 2. The highest BCUT2D eigenvalue weighted by Crippen LogP contribution is 2.21. The van der Waals surface area contributed by atoms with Gasteiger partial charge in [-0.05, 0) is 47.9 Å². The summed E-state index contributed by atoms with van der Waals surface area (Å²) in [6.07, 6.45) is 2.39. The van der Waals surface area contributed by atoms with E-state index in [0.29, 0.717) is 25.1 Å². The molecule has 0 heterocycles. The van der Waals surface area contributed by atoms with Gasteiger partial charge in [-0.3, -0.25) is 4.79 Å². The van der Waals surface area contributed by atoms with Gasteiger partial charge < -0.3 is 21.5 Å². The molecule has 0 spiro atoms. The number of carbonyl (C=O) groups excluding carboxylic acids is 2. The van der Waals surface area contributed by atoms with Gasteiger partial charge in [0.2, 0.25) is 5.91 Å². The molecule has 0 saturated heterocycles. The van der Waals surface area contributed by atoms with E-state index in [1.807, 2.05) is 66.7 Å². The van der Waals surface area contributed by atoms with E-state index in [1.54, 1.807) is 6.07 Å². The Labute approximate surface area is 182 Å². The molecule has 6 heteroatoms. The smallest absolute Gasteiger partial charge is 0.334 e. The molecule has 5 N–H and O–H groups in total. The fourth-order valence-electron chi connectivity index (χ4n) is 3.38. The van der Waals surface area contributed by atoms with Crippen LogP contribution in [0.4, 0.5) is 0 Å². The third-order valence-corrected chi connectivity index (χ3v) is 5.13. The number of hydrogen-bond acceptors (Lipinski definition) is 5. The number of fused-ring (bicyclic) bond motifs is 1. The molecule has 6 nitrogen and oxygen atoms in total. The van der Waals surface area contributed by atoms with Crippen LogP contribution in [0.25, 0.3) is 10.8 Å². The average molecular weight is 420 g/mol. The van der Waals surface area contributed by atoms with E-state index >= 15 is 0 Å². The van der Waals surface area contributed by atoms with Crippen molar-refractivity contribution in [3.8, 4) is 5.75 Å². The van der Waals surface area contributed by atoms with Crippen molar-refractivity contribution in [2.45, 2.75) is 37.8 Å². The fraction of sp³-hybridized carbons (Fsp3) is 0.280. The summed E-state index contributed by atoms with van der Waals surface area (Å²) in [4.78, 5) is 25.6. The van der Waals surface area contributed by atoms with Crippen LogP contribution in [-0.4, -0.2) is 30.5 Å². The average Bonchev–Trinajstić information content (AvgIpc) is 2.79. The minimum atomic E-state index is -0.845. The summed E-state index contributed by atoms with van der Waals surface area (Å²) in [5, 5.41) is 4.81. The van der Waals surface area contributed by atoms with E-state index in [0.717, 1.165) is 29.2 Å². The second-order valence-corrected chi connectivity index (χ2v) is 7.57. The molecule has 162 valence electrons. The van der Waals surface area contributed by atoms with E-state index in [2.05, 4.69) is 5.32 Å². The Hall–Kier alpha value is -3.22. The summed E-state index contributed by atoms with van der Waals surface area (Å²) in [6.45, 7) is 0.559. The number of esters is 1. The van der Waals surface area contributed by atoms with Gasteiger partial charge in [-0.15, -0.1) is 0 Å². The van der Waals surface area contributed by atoms with E-state index in [9.17, 15) is 9.59 Å². The van der Waals surface area contributed by atoms with Gasteiger partial charge in [-0.25, -0.2) is 4.79 Å². The highest BCUT2D eigenvalue weighted by atomic mass is 16.5. The first-order chi connectivity index (χ1) is 15.1. The van der Waals surface area contributed by atoms with E-state index in [1.165, 1.54) is 0 Å². The zero-order valence-corrected chi connectivity index (χ0v) is 17.5. The SMILES string of the molecule is NCCCC[C@@H](N)C(=O)N[C@H](Cc1ccccc1)C(=O)Oc1ccc2ccccc2c1. The number of hydrogen-bond donors (Lipinski definition) is 3. The third-order valence-electron chi connectivity index (χ3n) is 5.13. The first kappa shape index (κ1) is 22.5. The molecule has 1 amide bonds. The third kappa shape index (κ3) is 6.64. The minimum Gasteiger partial charge on any atom is -0.425 e. The van der Waals surface area contributed by atoms with Crippen LogP contribution < -0.4 is 21.5 Å². The molecule has 3 aromatic carbocycles. The normalized spacial score (nSPS) is 12.8. The van der Waals surface area contributed by atoms with Gasteiger partial charge >= 0.3 is 5.97 Å². The van der Waals surface area contributed by atoms with Crippen molar-refractivity contribution in [3.63, 3.8) is 0 Å². The molecular weight excluding hydrogens is 390 g/mol. The molecule has 31 heavy (non-hydrogen) atoms. The van der Waals surface area contributed by atoms with Crippen molar-refractivity contribution in [2.24, 2.45) is 11.5 Å². The minimum absolute atomic E-state index is 0.314. The van der Waals surface area contributed by atoms with Crippen LogP contribution in [0.15, 0.2) is 72.8 Å².